The van der Waals surface area contributed by atoms with E-state index in [9.17, 15) is 14.7 Å². The average molecular weight is 452 g/mol. The molecule has 1 atom stereocenters. The van der Waals surface area contributed by atoms with Crippen LogP contribution in [-0.2, 0) is 16.1 Å². The van der Waals surface area contributed by atoms with Crippen molar-refractivity contribution in [3.63, 3.8) is 0 Å². The molecule has 0 spiro atoms. The minimum absolute atomic E-state index is 0.0789. The maximum absolute atomic E-state index is 12.7. The highest BCUT2D eigenvalue weighted by atomic mass is 16.5. The van der Waals surface area contributed by atoms with Gasteiger partial charge in [0.05, 0.1) is 33.1 Å². The number of carbonyl (C=O) groups excluding carboxylic acids is 1. The Bertz CT molecular complexity index is 1200. The molecule has 0 saturated carbocycles. The SMILES string of the molecule is COC(=O)C[C@H](c1oc(CN2CCCCC2)cc(=O)c1O)c1ccc(OC)c2ccccc12. The number of esters is 1. The number of benzene rings is 2. The second kappa shape index (κ2) is 10.1. The number of nitrogens with zero attached hydrogens (tertiary/aromatic N) is 1. The fourth-order valence-electron chi connectivity index (χ4n) is 4.58. The highest BCUT2D eigenvalue weighted by molar-refractivity contribution is 5.92. The van der Waals surface area contributed by atoms with Gasteiger partial charge in [0.1, 0.15) is 11.5 Å². The Balaban J connectivity index is 1.84. The number of aromatic hydroxyl groups is 1. The first-order valence-corrected chi connectivity index (χ1v) is 11.2. The highest BCUT2D eigenvalue weighted by Crippen LogP contribution is 2.39. The second-order valence-corrected chi connectivity index (χ2v) is 8.36. The molecule has 1 saturated heterocycles. The van der Waals surface area contributed by atoms with Gasteiger partial charge in [-0.05, 0) is 42.9 Å². The maximum atomic E-state index is 12.7. The van der Waals surface area contributed by atoms with E-state index in [1.54, 1.807) is 7.11 Å². The van der Waals surface area contributed by atoms with Crippen LogP contribution in [0.5, 0.6) is 11.5 Å². The standard InChI is InChI=1S/C26H29NO6/c1-31-23-11-10-19(18-8-4-5-9-20(18)23)21(15-24(29)32-2)26-25(30)22(28)14-17(33-26)16-27-12-6-3-7-13-27/h4-5,8-11,14,21,30H,3,6-7,12-13,15-16H2,1-2H3/t21-/m0/s1. The lowest BCUT2D eigenvalue weighted by molar-refractivity contribution is -0.140. The van der Waals surface area contributed by atoms with Crippen molar-refractivity contribution in [3.8, 4) is 11.5 Å². The summed E-state index contributed by atoms with van der Waals surface area (Å²) in [5, 5.41) is 12.4. The first-order valence-electron chi connectivity index (χ1n) is 11.2. The van der Waals surface area contributed by atoms with Crippen LogP contribution in [0.15, 0.2) is 51.7 Å². The van der Waals surface area contributed by atoms with E-state index in [1.807, 2.05) is 36.4 Å². The fraction of sp³-hybridized carbons (Fsp3) is 0.385. The molecule has 0 radical (unpaired) electrons. The molecule has 4 rings (SSSR count). The van der Waals surface area contributed by atoms with Gasteiger partial charge in [-0.1, -0.05) is 36.8 Å². The van der Waals surface area contributed by atoms with E-state index in [2.05, 4.69) is 4.90 Å². The van der Waals surface area contributed by atoms with Crippen molar-refractivity contribution in [2.75, 3.05) is 27.3 Å². The van der Waals surface area contributed by atoms with Gasteiger partial charge in [-0.2, -0.15) is 0 Å². The van der Waals surface area contributed by atoms with E-state index in [0.717, 1.165) is 42.3 Å². The summed E-state index contributed by atoms with van der Waals surface area (Å²) in [4.78, 5) is 27.3. The van der Waals surface area contributed by atoms with Gasteiger partial charge >= 0.3 is 5.97 Å². The molecular formula is C26H29NO6. The molecule has 33 heavy (non-hydrogen) atoms. The second-order valence-electron chi connectivity index (χ2n) is 8.36. The Hall–Kier alpha value is -3.32. The van der Waals surface area contributed by atoms with Gasteiger partial charge in [-0.25, -0.2) is 0 Å². The predicted octanol–water partition coefficient (Wildman–Crippen LogP) is 4.19. The molecule has 2 heterocycles. The Morgan fingerprint density at radius 3 is 2.52 bits per heavy atom. The van der Waals surface area contributed by atoms with Crippen molar-refractivity contribution in [2.45, 2.75) is 38.1 Å². The molecule has 1 aliphatic heterocycles. The minimum atomic E-state index is -0.706. The van der Waals surface area contributed by atoms with Crippen LogP contribution < -0.4 is 10.2 Å². The molecule has 0 unspecified atom stereocenters. The van der Waals surface area contributed by atoms with Crippen molar-refractivity contribution in [2.24, 2.45) is 0 Å². The number of rotatable bonds is 7. The summed E-state index contributed by atoms with van der Waals surface area (Å²) in [6.07, 6.45) is 3.33. The first-order chi connectivity index (χ1) is 16.0. The number of fused-ring (bicyclic) bond motifs is 1. The van der Waals surface area contributed by atoms with Crippen LogP contribution in [-0.4, -0.2) is 43.3 Å². The normalized spacial score (nSPS) is 15.3. The van der Waals surface area contributed by atoms with Crippen LogP contribution in [0.25, 0.3) is 10.8 Å². The largest absolute Gasteiger partial charge is 0.502 e. The van der Waals surface area contributed by atoms with Crippen LogP contribution in [0.2, 0.25) is 0 Å². The molecule has 1 aromatic heterocycles. The summed E-state index contributed by atoms with van der Waals surface area (Å²) in [5.74, 6) is -0.412. The third kappa shape index (κ3) is 4.88. The lowest BCUT2D eigenvalue weighted by Crippen LogP contribution is -2.29. The van der Waals surface area contributed by atoms with Gasteiger partial charge in [-0.15, -0.1) is 0 Å². The zero-order chi connectivity index (χ0) is 23.4. The molecule has 174 valence electrons. The highest BCUT2D eigenvalue weighted by Gasteiger charge is 2.28. The van der Waals surface area contributed by atoms with Crippen molar-refractivity contribution in [1.82, 2.24) is 4.90 Å². The molecule has 0 amide bonds. The number of hydrogen-bond donors (Lipinski definition) is 1. The van der Waals surface area contributed by atoms with Gasteiger partial charge in [-0.3, -0.25) is 14.5 Å². The van der Waals surface area contributed by atoms with Crippen LogP contribution in [0.3, 0.4) is 0 Å². The van der Waals surface area contributed by atoms with E-state index >= 15 is 0 Å². The molecule has 1 aliphatic rings. The quantitative estimate of drug-likeness (QED) is 0.539. The zero-order valence-corrected chi connectivity index (χ0v) is 19.0. The van der Waals surface area contributed by atoms with Gasteiger partial charge in [0.2, 0.25) is 11.2 Å². The van der Waals surface area contributed by atoms with Crippen molar-refractivity contribution >= 4 is 16.7 Å². The average Bonchev–Trinajstić information content (AvgIpc) is 2.84. The number of carbonyl (C=O) groups is 1. The zero-order valence-electron chi connectivity index (χ0n) is 19.0. The summed E-state index contributed by atoms with van der Waals surface area (Å²) in [6, 6.07) is 12.6. The lowest BCUT2D eigenvalue weighted by atomic mass is 9.88. The summed E-state index contributed by atoms with van der Waals surface area (Å²) in [5.41, 5.74) is 0.223. The van der Waals surface area contributed by atoms with E-state index < -0.39 is 23.1 Å². The molecule has 7 nitrogen and oxygen atoms in total. The van der Waals surface area contributed by atoms with Crippen LogP contribution >= 0.6 is 0 Å². The predicted molar refractivity (Wildman–Crippen MR) is 125 cm³/mol. The lowest BCUT2D eigenvalue weighted by Gasteiger charge is -2.26. The van der Waals surface area contributed by atoms with Gasteiger partial charge < -0.3 is 19.0 Å². The van der Waals surface area contributed by atoms with Crippen molar-refractivity contribution < 1.29 is 23.8 Å². The third-order valence-corrected chi connectivity index (χ3v) is 6.26. The summed E-state index contributed by atoms with van der Waals surface area (Å²) in [6.45, 7) is 2.36. The van der Waals surface area contributed by atoms with E-state index in [4.69, 9.17) is 13.9 Å². The summed E-state index contributed by atoms with van der Waals surface area (Å²) < 4.78 is 16.6. The Kier molecular flexibility index (Phi) is 6.99. The molecule has 7 heteroatoms. The maximum Gasteiger partial charge on any atom is 0.306 e. The van der Waals surface area contributed by atoms with Crippen LogP contribution in [0.4, 0.5) is 0 Å². The minimum Gasteiger partial charge on any atom is -0.502 e. The first kappa shape index (κ1) is 22.9. The Morgan fingerprint density at radius 2 is 1.82 bits per heavy atom. The number of ether oxygens (including phenoxy) is 2. The number of likely N-dealkylation sites (tertiary alicyclic amines) is 1. The van der Waals surface area contributed by atoms with Crippen molar-refractivity contribution in [1.29, 1.82) is 0 Å². The number of methoxy groups -OCH3 is 2. The van der Waals surface area contributed by atoms with E-state index in [-0.39, 0.29) is 12.2 Å². The number of piperidine rings is 1. The molecule has 2 aromatic carbocycles. The van der Waals surface area contributed by atoms with Gasteiger partial charge in [0.25, 0.3) is 0 Å². The van der Waals surface area contributed by atoms with Crippen molar-refractivity contribution in [3.05, 3.63) is 69.8 Å². The summed E-state index contributed by atoms with van der Waals surface area (Å²) in [7, 11) is 2.91. The smallest absolute Gasteiger partial charge is 0.306 e. The number of hydrogen-bond acceptors (Lipinski definition) is 7. The Morgan fingerprint density at radius 1 is 1.09 bits per heavy atom. The molecule has 0 aliphatic carbocycles. The fourth-order valence-corrected chi connectivity index (χ4v) is 4.58. The van der Waals surface area contributed by atoms with Gasteiger partial charge in [0.15, 0.2) is 5.76 Å². The third-order valence-electron chi connectivity index (χ3n) is 6.26. The molecule has 3 aromatic rings. The Labute approximate surface area is 192 Å². The van der Waals surface area contributed by atoms with Gasteiger partial charge in [0, 0.05) is 11.5 Å². The molecule has 1 N–H and O–H groups in total. The summed E-state index contributed by atoms with van der Waals surface area (Å²) >= 11 is 0. The monoisotopic (exact) mass is 451 g/mol. The van der Waals surface area contributed by atoms with E-state index in [0.29, 0.717) is 18.1 Å². The molecular weight excluding hydrogens is 422 g/mol. The van der Waals surface area contributed by atoms with Crippen LogP contribution in [0.1, 0.15) is 48.7 Å². The van der Waals surface area contributed by atoms with Crippen LogP contribution in [0, 0.1) is 0 Å². The topological polar surface area (TPSA) is 89.2 Å². The molecule has 1 fully saturated rings. The van der Waals surface area contributed by atoms with E-state index in [1.165, 1.54) is 19.6 Å². The molecule has 0 bridgehead atoms.